The molecular weight excluding hydrogens is 496 g/mol. The van der Waals surface area contributed by atoms with Crippen LogP contribution >= 0.6 is 15.9 Å². The van der Waals surface area contributed by atoms with E-state index < -0.39 is 60.7 Å². The molecule has 1 aromatic rings. The van der Waals surface area contributed by atoms with Gasteiger partial charge >= 0.3 is 5.97 Å². The molecule has 0 spiro atoms. The minimum absolute atomic E-state index is 0.101. The van der Waals surface area contributed by atoms with Gasteiger partial charge in [-0.25, -0.2) is 13.6 Å². The van der Waals surface area contributed by atoms with Crippen LogP contribution in [0.3, 0.4) is 0 Å². The zero-order valence-electron chi connectivity index (χ0n) is 17.8. The summed E-state index contributed by atoms with van der Waals surface area (Å²) in [7, 11) is 2.66. The lowest BCUT2D eigenvalue weighted by Gasteiger charge is -2.51. The Labute approximate surface area is 193 Å². The summed E-state index contributed by atoms with van der Waals surface area (Å²) in [6, 6.07) is 8.45. The lowest BCUT2D eigenvalue weighted by atomic mass is 9.90. The molecule has 0 aliphatic carbocycles. The number of fused-ring (bicyclic) bond motifs is 1. The molecule has 0 radical (unpaired) electrons. The van der Waals surface area contributed by atoms with Crippen molar-refractivity contribution in [3.63, 3.8) is 0 Å². The second-order valence-corrected chi connectivity index (χ2v) is 8.54. The average molecular weight is 522 g/mol. The summed E-state index contributed by atoms with van der Waals surface area (Å²) in [6.45, 7) is 0.982. The van der Waals surface area contributed by atoms with Crippen LogP contribution in [-0.4, -0.2) is 80.2 Å². The molecule has 2 heterocycles. The molecular formula is C20H26BrF2N3O6. The van der Waals surface area contributed by atoms with Gasteiger partial charge in [0.25, 0.3) is 6.43 Å². The molecule has 2 saturated heterocycles. The van der Waals surface area contributed by atoms with Crippen molar-refractivity contribution >= 4 is 21.9 Å². The highest BCUT2D eigenvalue weighted by atomic mass is 79.9. The smallest absolute Gasteiger partial charge is 0.337 e. The number of alkyl halides is 3. The Morgan fingerprint density at radius 1 is 1.31 bits per heavy atom. The maximum atomic E-state index is 13.1. The summed E-state index contributed by atoms with van der Waals surface area (Å²) >= 11 is 3.46. The molecule has 9 nitrogen and oxygen atoms in total. The fourth-order valence-electron chi connectivity index (χ4n) is 3.83. The highest BCUT2D eigenvalue weighted by Gasteiger charge is 2.56. The highest BCUT2D eigenvalue weighted by molar-refractivity contribution is 9.09. The van der Waals surface area contributed by atoms with Crippen molar-refractivity contribution in [2.45, 2.75) is 55.0 Å². The maximum absolute atomic E-state index is 13.1. The first-order chi connectivity index (χ1) is 15.4. The van der Waals surface area contributed by atoms with Gasteiger partial charge in [0.15, 0.2) is 12.4 Å². The van der Waals surface area contributed by atoms with Crippen LogP contribution in [0.1, 0.15) is 18.8 Å². The molecule has 178 valence electrons. The molecule has 0 saturated carbocycles. The van der Waals surface area contributed by atoms with E-state index in [0.717, 1.165) is 5.56 Å². The van der Waals surface area contributed by atoms with Crippen molar-refractivity contribution in [1.82, 2.24) is 5.01 Å². The number of carbonyl (C=O) groups is 1. The predicted molar refractivity (Wildman–Crippen MR) is 111 cm³/mol. The van der Waals surface area contributed by atoms with Gasteiger partial charge in [-0.15, -0.1) is 0 Å². The topological polar surface area (TPSA) is 91.2 Å². The monoisotopic (exact) mass is 521 g/mol. The van der Waals surface area contributed by atoms with Crippen molar-refractivity contribution in [1.29, 1.82) is 0 Å². The predicted octanol–water partition coefficient (Wildman–Crippen LogP) is 3.10. The summed E-state index contributed by atoms with van der Waals surface area (Å²) < 4.78 is 54.4. The zero-order valence-corrected chi connectivity index (χ0v) is 19.4. The zero-order chi connectivity index (χ0) is 23.3. The Balaban J connectivity index is 2.00. The quantitative estimate of drug-likeness (QED) is 0.170. The Hall–Kier alpha value is -1.73. The Bertz CT molecular complexity index is 775. The van der Waals surface area contributed by atoms with Gasteiger partial charge in [-0.1, -0.05) is 51.5 Å². The number of halogens is 3. The molecule has 12 heteroatoms. The highest BCUT2D eigenvalue weighted by Crippen LogP contribution is 2.38. The normalized spacial score (nSPS) is 31.3. The molecule has 32 heavy (non-hydrogen) atoms. The van der Waals surface area contributed by atoms with E-state index in [0.29, 0.717) is 0 Å². The summed E-state index contributed by atoms with van der Waals surface area (Å²) in [4.78, 5) is 12.1. The number of hydrogen-bond acceptors (Lipinski definition) is 8. The molecule has 0 aromatic heterocycles. The number of ether oxygens (including phenoxy) is 5. The van der Waals surface area contributed by atoms with Crippen LogP contribution in [0.15, 0.2) is 40.7 Å². The van der Waals surface area contributed by atoms with Gasteiger partial charge in [0.1, 0.15) is 35.9 Å². The Morgan fingerprint density at radius 3 is 2.62 bits per heavy atom. The molecule has 1 aromatic carbocycles. The molecule has 3 rings (SSSR count). The first-order valence-corrected chi connectivity index (χ1v) is 11.0. The van der Waals surface area contributed by atoms with Crippen molar-refractivity contribution in [3.05, 3.63) is 35.9 Å². The summed E-state index contributed by atoms with van der Waals surface area (Å²) in [5.74, 6) is -0.756. The molecule has 0 N–H and O–H groups in total. The van der Waals surface area contributed by atoms with Crippen LogP contribution in [0.4, 0.5) is 8.78 Å². The molecule has 0 bridgehead atoms. The third kappa shape index (κ3) is 5.60. The van der Waals surface area contributed by atoms with E-state index in [4.69, 9.17) is 23.7 Å². The van der Waals surface area contributed by atoms with Gasteiger partial charge in [0, 0.05) is 5.56 Å². The lowest BCUT2D eigenvalue weighted by molar-refractivity contribution is -0.323. The van der Waals surface area contributed by atoms with Crippen LogP contribution in [0.2, 0.25) is 0 Å². The fraction of sp³-hybridized carbons (Fsp3) is 0.650. The molecule has 0 amide bonds. The molecule has 7 atom stereocenters. The van der Waals surface area contributed by atoms with Crippen LogP contribution in [0, 0.1) is 0 Å². The largest absolute Gasteiger partial charge is 0.467 e. The number of methoxy groups -OCH3 is 1. The first-order valence-electron chi connectivity index (χ1n) is 10.0. The van der Waals surface area contributed by atoms with E-state index in [1.807, 2.05) is 30.3 Å². The van der Waals surface area contributed by atoms with Gasteiger partial charge in [-0.05, 0) is 6.92 Å². The van der Waals surface area contributed by atoms with E-state index in [1.165, 1.54) is 19.2 Å². The fourth-order valence-corrected chi connectivity index (χ4v) is 4.18. The minimum atomic E-state index is -2.75. The van der Waals surface area contributed by atoms with Crippen molar-refractivity contribution in [2.75, 3.05) is 27.4 Å². The van der Waals surface area contributed by atoms with E-state index in [-0.39, 0.29) is 6.61 Å². The van der Waals surface area contributed by atoms with Crippen LogP contribution < -0.4 is 0 Å². The second-order valence-electron chi connectivity index (χ2n) is 7.22. The number of benzene rings is 1. The van der Waals surface area contributed by atoms with E-state index >= 15 is 0 Å². The lowest BCUT2D eigenvalue weighted by Crippen LogP contribution is -2.68. The Kier molecular flexibility index (Phi) is 8.88. The number of hydrogen-bond donors (Lipinski definition) is 0. The van der Waals surface area contributed by atoms with Crippen LogP contribution in [0.5, 0.6) is 0 Å². The SMILES string of the molecule is CN=NN(C(C)Br)[C@H]1[C@H]2OC(c3ccccc3)OC[C@H]2O[C@@H](C(=O)OC)[C@@H]1OCC(F)F. The standard InChI is InChI=1S/C20H26BrF2N3O6/c1-11(21)26(25-24-2)15-16-13(9-30-20(32-16)12-7-5-4-6-8-12)31-18(19(27)28-3)17(15)29-10-14(22)23/h4-8,11,13-18,20H,9-10H2,1-3H3/t11?,13-,15+,16+,17-,18-,20?/m1/s1. The third-order valence-corrected chi connectivity index (χ3v) is 5.55. The molecule has 2 fully saturated rings. The van der Waals surface area contributed by atoms with Crippen LogP contribution in [-0.2, 0) is 28.5 Å². The summed E-state index contributed by atoms with van der Waals surface area (Å²) in [5.41, 5.74) is 0.778. The number of carbonyl (C=O) groups excluding carboxylic acids is 1. The minimum Gasteiger partial charge on any atom is -0.467 e. The molecule has 2 aliphatic heterocycles. The van der Waals surface area contributed by atoms with E-state index in [1.54, 1.807) is 6.92 Å². The van der Waals surface area contributed by atoms with Crippen molar-refractivity contribution in [3.8, 4) is 0 Å². The first kappa shape index (κ1) is 24.9. The van der Waals surface area contributed by atoms with E-state index in [9.17, 15) is 13.6 Å². The maximum Gasteiger partial charge on any atom is 0.337 e. The average Bonchev–Trinajstić information content (AvgIpc) is 2.80. The molecule has 2 unspecified atom stereocenters. The summed E-state index contributed by atoms with van der Waals surface area (Å²) in [6.07, 6.45) is -7.36. The van der Waals surface area contributed by atoms with Gasteiger partial charge in [-0.2, -0.15) is 5.11 Å². The van der Waals surface area contributed by atoms with Crippen LogP contribution in [0.25, 0.3) is 0 Å². The Morgan fingerprint density at radius 2 is 2.03 bits per heavy atom. The van der Waals surface area contributed by atoms with Gasteiger partial charge < -0.3 is 23.7 Å². The van der Waals surface area contributed by atoms with Gasteiger partial charge in [-0.3, -0.25) is 5.01 Å². The van der Waals surface area contributed by atoms with E-state index in [2.05, 4.69) is 26.3 Å². The number of rotatable bonds is 8. The second kappa shape index (κ2) is 11.4. The summed E-state index contributed by atoms with van der Waals surface area (Å²) in [5, 5.41) is 9.50. The molecule has 2 aliphatic rings. The number of esters is 1. The third-order valence-electron chi connectivity index (χ3n) is 5.13. The van der Waals surface area contributed by atoms with Gasteiger partial charge in [0.2, 0.25) is 0 Å². The van der Waals surface area contributed by atoms with Gasteiger partial charge in [0.05, 0.1) is 20.8 Å². The number of nitrogens with zero attached hydrogens (tertiary/aromatic N) is 3. The van der Waals surface area contributed by atoms with Crippen molar-refractivity contribution < 1.29 is 37.3 Å². The van der Waals surface area contributed by atoms with Crippen molar-refractivity contribution in [2.24, 2.45) is 10.3 Å².